The minimum Gasteiger partial charge on any atom is -0.373 e. The Kier molecular flexibility index (Phi) is 8.06. The molecule has 1 heterocycles. The predicted molar refractivity (Wildman–Crippen MR) is 138 cm³/mol. The summed E-state index contributed by atoms with van der Waals surface area (Å²) in [6.45, 7) is 11.6. The van der Waals surface area contributed by atoms with Gasteiger partial charge in [-0.3, -0.25) is 0 Å². The van der Waals surface area contributed by atoms with Crippen molar-refractivity contribution in [1.29, 1.82) is 5.41 Å². The molecule has 174 valence electrons. The number of halogens is 1. The molecule has 0 aliphatic heterocycles. The van der Waals surface area contributed by atoms with E-state index in [4.69, 9.17) is 21.7 Å². The molecule has 7 heteroatoms. The number of nitrogens with one attached hydrogen (secondary N) is 3. The molecule has 0 unspecified atom stereocenters. The van der Waals surface area contributed by atoms with Gasteiger partial charge in [-0.15, -0.1) is 0 Å². The lowest BCUT2D eigenvalue weighted by molar-refractivity contribution is 0.0924. The molecule has 0 spiro atoms. The molecule has 0 saturated carbocycles. The van der Waals surface area contributed by atoms with Crippen LogP contribution in [-0.2, 0) is 16.8 Å². The first kappa shape index (κ1) is 24.7. The number of nitrogens with zero attached hydrogens (tertiary/aromatic N) is 2. The summed E-state index contributed by atoms with van der Waals surface area (Å²) in [6.07, 6.45) is 1.24. The molecule has 2 aromatic carbocycles. The van der Waals surface area contributed by atoms with Crippen LogP contribution in [0.4, 0.5) is 23.0 Å². The van der Waals surface area contributed by atoms with Crippen molar-refractivity contribution in [2.24, 2.45) is 5.92 Å². The predicted octanol–water partition coefficient (Wildman–Crippen LogP) is 7.08. The molecule has 0 saturated heterocycles. The molecule has 0 fully saturated rings. The van der Waals surface area contributed by atoms with Crippen LogP contribution in [0.15, 0.2) is 48.5 Å². The summed E-state index contributed by atoms with van der Waals surface area (Å²) >= 11 is 6.35. The summed E-state index contributed by atoms with van der Waals surface area (Å²) in [5.74, 6) is 1.95. The number of benzene rings is 2. The molecular formula is C26H32ClN5O. The van der Waals surface area contributed by atoms with Crippen molar-refractivity contribution in [3.63, 3.8) is 0 Å². The van der Waals surface area contributed by atoms with E-state index < -0.39 is 0 Å². The van der Waals surface area contributed by atoms with Crippen molar-refractivity contribution in [2.75, 3.05) is 17.2 Å². The molecule has 3 N–H and O–H groups in total. The second-order valence-electron chi connectivity index (χ2n) is 9.36. The van der Waals surface area contributed by atoms with Crippen molar-refractivity contribution in [3.8, 4) is 0 Å². The molecule has 0 atom stereocenters. The largest absolute Gasteiger partial charge is 0.373 e. The van der Waals surface area contributed by atoms with Crippen LogP contribution in [0.25, 0.3) is 0 Å². The van der Waals surface area contributed by atoms with E-state index >= 15 is 0 Å². The zero-order chi connectivity index (χ0) is 24.0. The zero-order valence-electron chi connectivity index (χ0n) is 19.9. The fourth-order valence-corrected chi connectivity index (χ4v) is 3.36. The minimum absolute atomic E-state index is 0.0700. The van der Waals surface area contributed by atoms with E-state index in [0.29, 0.717) is 46.3 Å². The highest BCUT2D eigenvalue weighted by molar-refractivity contribution is 6.33. The van der Waals surface area contributed by atoms with Crippen LogP contribution in [0.5, 0.6) is 0 Å². The van der Waals surface area contributed by atoms with Gasteiger partial charge in [-0.2, -0.15) is 0 Å². The van der Waals surface area contributed by atoms with Gasteiger partial charge in [0.25, 0.3) is 0 Å². The topological polar surface area (TPSA) is 82.9 Å². The fourth-order valence-electron chi connectivity index (χ4n) is 3.17. The van der Waals surface area contributed by atoms with Gasteiger partial charge < -0.3 is 20.8 Å². The molecular weight excluding hydrogens is 434 g/mol. The highest BCUT2D eigenvalue weighted by Gasteiger charge is 2.16. The van der Waals surface area contributed by atoms with Crippen LogP contribution in [0.1, 0.15) is 51.6 Å². The number of anilines is 4. The number of para-hydroxylation sites is 1. The SMILES string of the molecule is CC(C)COCc1nc(Nc2ccc(C(C)(C)C)cc2)c(C=N)c(Nc2ccccc2Cl)n1. The van der Waals surface area contributed by atoms with Gasteiger partial charge >= 0.3 is 0 Å². The molecule has 0 aliphatic carbocycles. The van der Waals surface area contributed by atoms with E-state index in [9.17, 15) is 0 Å². The summed E-state index contributed by atoms with van der Waals surface area (Å²) in [4.78, 5) is 9.29. The van der Waals surface area contributed by atoms with Crippen LogP contribution in [0.2, 0.25) is 5.02 Å². The molecule has 0 amide bonds. The van der Waals surface area contributed by atoms with Gasteiger partial charge in [-0.05, 0) is 41.2 Å². The van der Waals surface area contributed by atoms with E-state index in [2.05, 4.69) is 67.4 Å². The van der Waals surface area contributed by atoms with Crippen molar-refractivity contribution in [1.82, 2.24) is 9.97 Å². The van der Waals surface area contributed by atoms with Gasteiger partial charge in [0.15, 0.2) is 5.82 Å². The van der Waals surface area contributed by atoms with Crippen LogP contribution in [0.3, 0.4) is 0 Å². The van der Waals surface area contributed by atoms with Gasteiger partial charge in [0.2, 0.25) is 0 Å². The quantitative estimate of drug-likeness (QED) is 0.294. The van der Waals surface area contributed by atoms with E-state index in [0.717, 1.165) is 5.69 Å². The molecule has 0 radical (unpaired) electrons. The summed E-state index contributed by atoms with van der Waals surface area (Å²) < 4.78 is 5.78. The van der Waals surface area contributed by atoms with Crippen molar-refractivity contribution < 1.29 is 4.74 Å². The lowest BCUT2D eigenvalue weighted by Crippen LogP contribution is -2.12. The number of ether oxygens (including phenoxy) is 1. The van der Waals surface area contributed by atoms with Gasteiger partial charge in [-0.25, -0.2) is 9.97 Å². The third-order valence-corrected chi connectivity index (χ3v) is 5.29. The molecule has 33 heavy (non-hydrogen) atoms. The molecule has 0 aliphatic rings. The monoisotopic (exact) mass is 465 g/mol. The van der Waals surface area contributed by atoms with Crippen LogP contribution in [0, 0.1) is 11.3 Å². The van der Waals surface area contributed by atoms with E-state index in [1.807, 2.05) is 30.3 Å². The smallest absolute Gasteiger partial charge is 0.158 e. The van der Waals surface area contributed by atoms with Gasteiger partial charge in [-0.1, -0.05) is 70.5 Å². The molecule has 0 bridgehead atoms. The third kappa shape index (κ3) is 6.76. The maximum atomic E-state index is 8.04. The maximum absolute atomic E-state index is 8.04. The van der Waals surface area contributed by atoms with Gasteiger partial charge in [0, 0.05) is 18.5 Å². The third-order valence-electron chi connectivity index (χ3n) is 4.96. The highest BCUT2D eigenvalue weighted by Crippen LogP contribution is 2.30. The Bertz CT molecular complexity index is 1090. The Morgan fingerprint density at radius 2 is 1.64 bits per heavy atom. The summed E-state index contributed by atoms with van der Waals surface area (Å²) in [5.41, 5.74) is 3.42. The van der Waals surface area contributed by atoms with Crippen LogP contribution >= 0.6 is 11.6 Å². The van der Waals surface area contributed by atoms with Crippen LogP contribution in [-0.4, -0.2) is 22.8 Å². The van der Waals surface area contributed by atoms with E-state index in [1.165, 1.54) is 11.8 Å². The molecule has 1 aromatic heterocycles. The second kappa shape index (κ2) is 10.8. The van der Waals surface area contributed by atoms with E-state index in [-0.39, 0.29) is 12.0 Å². The standard InChI is InChI=1S/C26H32ClN5O/c1-17(2)15-33-16-23-31-24(29-19-12-10-18(11-13-19)26(3,4)5)20(14-28)25(32-23)30-22-9-7-6-8-21(22)27/h6-14,17,28H,15-16H2,1-5H3,(H2,29,30,31,32). The Morgan fingerprint density at radius 1 is 1.00 bits per heavy atom. The summed E-state index contributed by atoms with van der Waals surface area (Å²) in [7, 11) is 0. The lowest BCUT2D eigenvalue weighted by Gasteiger charge is -2.20. The fraction of sp³-hybridized carbons (Fsp3) is 0.346. The normalized spacial score (nSPS) is 11.5. The lowest BCUT2D eigenvalue weighted by atomic mass is 9.87. The average Bonchev–Trinajstić information content (AvgIpc) is 2.75. The first-order valence-electron chi connectivity index (χ1n) is 11.1. The number of aromatic nitrogens is 2. The Morgan fingerprint density at radius 3 is 2.21 bits per heavy atom. The first-order chi connectivity index (χ1) is 15.7. The molecule has 3 aromatic rings. The Balaban J connectivity index is 1.97. The molecule has 3 rings (SSSR count). The minimum atomic E-state index is 0.0700. The van der Waals surface area contributed by atoms with Crippen LogP contribution < -0.4 is 10.6 Å². The Labute approximate surface area is 201 Å². The first-order valence-corrected chi connectivity index (χ1v) is 11.4. The summed E-state index contributed by atoms with van der Waals surface area (Å²) in [6, 6.07) is 15.7. The van der Waals surface area contributed by atoms with Crippen molar-refractivity contribution in [2.45, 2.75) is 46.6 Å². The zero-order valence-corrected chi connectivity index (χ0v) is 20.6. The summed E-state index contributed by atoms with van der Waals surface area (Å²) in [5, 5.41) is 15.2. The average molecular weight is 466 g/mol. The second-order valence-corrected chi connectivity index (χ2v) is 9.77. The molecule has 6 nitrogen and oxygen atoms in total. The Hall–Kier alpha value is -2.96. The van der Waals surface area contributed by atoms with Crippen molar-refractivity contribution >= 4 is 40.8 Å². The van der Waals surface area contributed by atoms with Gasteiger partial charge in [0.1, 0.15) is 18.2 Å². The number of hydrogen-bond donors (Lipinski definition) is 3. The number of rotatable bonds is 9. The highest BCUT2D eigenvalue weighted by atomic mass is 35.5. The maximum Gasteiger partial charge on any atom is 0.158 e. The van der Waals surface area contributed by atoms with Crippen molar-refractivity contribution in [3.05, 3.63) is 70.5 Å². The van der Waals surface area contributed by atoms with Gasteiger partial charge in [0.05, 0.1) is 16.3 Å². The van der Waals surface area contributed by atoms with E-state index in [1.54, 1.807) is 6.07 Å². The number of hydrogen-bond acceptors (Lipinski definition) is 6.